The first-order chi connectivity index (χ1) is 12.0. The first-order valence-corrected chi connectivity index (χ1v) is 10.1. The molecule has 26 heavy (non-hydrogen) atoms. The molecule has 1 aliphatic heterocycles. The van der Waals surface area contributed by atoms with Gasteiger partial charge in [-0.1, -0.05) is 26.7 Å². The maximum absolute atomic E-state index is 12.6. The second-order valence-electron chi connectivity index (χ2n) is 7.52. The lowest BCUT2D eigenvalue weighted by Crippen LogP contribution is -2.46. The van der Waals surface area contributed by atoms with Crippen molar-refractivity contribution < 1.29 is 9.90 Å². The van der Waals surface area contributed by atoms with Crippen LogP contribution in [0.1, 0.15) is 65.7 Å². The van der Waals surface area contributed by atoms with E-state index in [1.54, 1.807) is 0 Å². The van der Waals surface area contributed by atoms with Gasteiger partial charge >= 0.3 is 0 Å². The SMILES string of the molecule is CCNC(=NCC(O)(CC)CC)NC1CCN(C(=O)C2CCCC2)C1.I. The van der Waals surface area contributed by atoms with Crippen LogP contribution in [0.2, 0.25) is 0 Å². The molecule has 2 fully saturated rings. The summed E-state index contributed by atoms with van der Waals surface area (Å²) < 4.78 is 0. The van der Waals surface area contributed by atoms with Gasteiger partial charge in [0.05, 0.1) is 12.1 Å². The van der Waals surface area contributed by atoms with Crippen molar-refractivity contribution >= 4 is 35.8 Å². The molecule has 0 aromatic heterocycles. The fraction of sp³-hybridized carbons (Fsp3) is 0.895. The molecule has 1 heterocycles. The van der Waals surface area contributed by atoms with Crippen LogP contribution in [0, 0.1) is 5.92 Å². The maximum Gasteiger partial charge on any atom is 0.225 e. The molecule has 2 aliphatic rings. The number of nitrogens with zero attached hydrogens (tertiary/aromatic N) is 2. The quantitative estimate of drug-likeness (QED) is 0.297. The zero-order chi connectivity index (χ0) is 18.3. The maximum atomic E-state index is 12.6. The molecule has 3 N–H and O–H groups in total. The number of aliphatic imine (C=N–C) groups is 1. The van der Waals surface area contributed by atoms with Gasteiger partial charge in [0.25, 0.3) is 0 Å². The number of hydrogen-bond donors (Lipinski definition) is 3. The molecule has 1 unspecified atom stereocenters. The van der Waals surface area contributed by atoms with Crippen LogP contribution < -0.4 is 10.6 Å². The Balaban J connectivity index is 0.00000338. The van der Waals surface area contributed by atoms with Gasteiger partial charge in [-0.2, -0.15) is 0 Å². The Labute approximate surface area is 175 Å². The normalized spacial score (nSPS) is 21.6. The lowest BCUT2D eigenvalue weighted by molar-refractivity contribution is -0.134. The summed E-state index contributed by atoms with van der Waals surface area (Å²) in [5.74, 6) is 1.34. The van der Waals surface area contributed by atoms with Gasteiger partial charge in [-0.05, 0) is 39.0 Å². The number of guanidine groups is 1. The molecule has 6 nitrogen and oxygen atoms in total. The molecular weight excluding hydrogens is 443 g/mol. The van der Waals surface area contributed by atoms with Crippen molar-refractivity contribution in [3.05, 3.63) is 0 Å². The molecular formula is C19H37IN4O2. The number of rotatable bonds is 7. The van der Waals surface area contributed by atoms with Crippen LogP contribution in [0.25, 0.3) is 0 Å². The largest absolute Gasteiger partial charge is 0.388 e. The summed E-state index contributed by atoms with van der Waals surface area (Å²) in [4.78, 5) is 19.2. The molecule has 1 atom stereocenters. The van der Waals surface area contributed by atoms with Gasteiger partial charge in [0.15, 0.2) is 5.96 Å². The summed E-state index contributed by atoms with van der Waals surface area (Å²) in [6.07, 6.45) is 6.85. The van der Waals surface area contributed by atoms with Gasteiger partial charge in [0, 0.05) is 31.6 Å². The lowest BCUT2D eigenvalue weighted by atomic mass is 9.98. The van der Waals surface area contributed by atoms with E-state index >= 15 is 0 Å². The van der Waals surface area contributed by atoms with E-state index in [0.717, 1.165) is 44.9 Å². The van der Waals surface area contributed by atoms with Crippen molar-refractivity contribution in [1.29, 1.82) is 0 Å². The smallest absolute Gasteiger partial charge is 0.225 e. The first-order valence-electron chi connectivity index (χ1n) is 10.1. The van der Waals surface area contributed by atoms with Crippen molar-refractivity contribution in [3.8, 4) is 0 Å². The van der Waals surface area contributed by atoms with Crippen molar-refractivity contribution in [2.24, 2.45) is 10.9 Å². The second kappa shape index (κ2) is 11.3. The standard InChI is InChI=1S/C19H36N4O2.HI/c1-4-19(25,5-2)14-21-18(20-6-3)22-16-11-12-23(13-16)17(24)15-9-7-8-10-15;/h15-16,25H,4-14H2,1-3H3,(H2,20,21,22);1H. The molecule has 0 aromatic carbocycles. The Hall–Kier alpha value is -0.570. The van der Waals surface area contributed by atoms with Gasteiger partial charge < -0.3 is 20.6 Å². The molecule has 0 spiro atoms. The minimum atomic E-state index is -0.734. The fourth-order valence-corrected chi connectivity index (χ4v) is 3.72. The van der Waals surface area contributed by atoms with Crippen LogP contribution >= 0.6 is 24.0 Å². The van der Waals surface area contributed by atoms with Crippen LogP contribution in [0.4, 0.5) is 0 Å². The van der Waals surface area contributed by atoms with Crippen LogP contribution in [0.3, 0.4) is 0 Å². The molecule has 1 amide bonds. The van der Waals surface area contributed by atoms with Crippen molar-refractivity contribution in [2.75, 3.05) is 26.2 Å². The van der Waals surface area contributed by atoms with Crippen LogP contribution in [0.5, 0.6) is 0 Å². The van der Waals surface area contributed by atoms with E-state index in [9.17, 15) is 9.90 Å². The highest BCUT2D eigenvalue weighted by atomic mass is 127. The van der Waals surface area contributed by atoms with Crippen molar-refractivity contribution in [1.82, 2.24) is 15.5 Å². The van der Waals surface area contributed by atoms with Crippen LogP contribution in [0.15, 0.2) is 4.99 Å². The summed E-state index contributed by atoms with van der Waals surface area (Å²) in [6.45, 7) is 8.78. The fourth-order valence-electron chi connectivity index (χ4n) is 3.72. The molecule has 1 saturated heterocycles. The molecule has 1 aliphatic carbocycles. The van der Waals surface area contributed by atoms with Crippen LogP contribution in [-0.2, 0) is 4.79 Å². The van der Waals surface area contributed by atoms with E-state index in [2.05, 4.69) is 15.6 Å². The summed E-state index contributed by atoms with van der Waals surface area (Å²) >= 11 is 0. The highest BCUT2D eigenvalue weighted by molar-refractivity contribution is 14.0. The summed E-state index contributed by atoms with van der Waals surface area (Å²) in [5, 5.41) is 17.1. The number of halogens is 1. The molecule has 0 aromatic rings. The number of likely N-dealkylation sites (tertiary alicyclic amines) is 1. The van der Waals surface area contributed by atoms with Gasteiger partial charge in [-0.25, -0.2) is 0 Å². The molecule has 2 rings (SSSR count). The van der Waals surface area contributed by atoms with E-state index in [1.165, 1.54) is 12.8 Å². The topological polar surface area (TPSA) is 77.0 Å². The minimum absolute atomic E-state index is 0. The predicted octanol–water partition coefficient (Wildman–Crippen LogP) is 2.50. The molecule has 1 saturated carbocycles. The van der Waals surface area contributed by atoms with Gasteiger partial charge in [-0.15, -0.1) is 24.0 Å². The lowest BCUT2D eigenvalue weighted by Gasteiger charge is -2.24. The van der Waals surface area contributed by atoms with Crippen molar-refractivity contribution in [3.63, 3.8) is 0 Å². The number of amides is 1. The number of hydrogen-bond acceptors (Lipinski definition) is 3. The third kappa shape index (κ3) is 6.55. The minimum Gasteiger partial charge on any atom is -0.388 e. The third-order valence-corrected chi connectivity index (χ3v) is 5.74. The third-order valence-electron chi connectivity index (χ3n) is 5.74. The summed E-state index contributed by atoms with van der Waals surface area (Å²) in [7, 11) is 0. The molecule has 7 heteroatoms. The average Bonchev–Trinajstić information content (AvgIpc) is 3.31. The number of nitrogens with one attached hydrogen (secondary N) is 2. The highest BCUT2D eigenvalue weighted by Gasteiger charge is 2.32. The Morgan fingerprint density at radius 3 is 2.42 bits per heavy atom. The Morgan fingerprint density at radius 2 is 1.85 bits per heavy atom. The zero-order valence-corrected chi connectivity index (χ0v) is 18.9. The van der Waals surface area contributed by atoms with E-state index in [-0.39, 0.29) is 35.9 Å². The Morgan fingerprint density at radius 1 is 1.19 bits per heavy atom. The summed E-state index contributed by atoms with van der Waals surface area (Å²) in [5.41, 5.74) is -0.734. The average molecular weight is 480 g/mol. The highest BCUT2D eigenvalue weighted by Crippen LogP contribution is 2.27. The predicted molar refractivity (Wildman–Crippen MR) is 117 cm³/mol. The van der Waals surface area contributed by atoms with Gasteiger partial charge in [0.2, 0.25) is 5.91 Å². The zero-order valence-electron chi connectivity index (χ0n) is 16.6. The number of aliphatic hydroxyl groups is 1. The van der Waals surface area contributed by atoms with E-state index in [0.29, 0.717) is 25.3 Å². The molecule has 0 bridgehead atoms. The van der Waals surface area contributed by atoms with E-state index in [1.807, 2.05) is 25.7 Å². The first kappa shape index (κ1) is 23.5. The number of carbonyl (C=O) groups excluding carboxylic acids is 1. The van der Waals surface area contributed by atoms with E-state index < -0.39 is 5.60 Å². The second-order valence-corrected chi connectivity index (χ2v) is 7.52. The monoisotopic (exact) mass is 480 g/mol. The van der Waals surface area contributed by atoms with Crippen LogP contribution in [-0.4, -0.2) is 59.7 Å². The Bertz CT molecular complexity index is 462. The summed E-state index contributed by atoms with van der Waals surface area (Å²) in [6, 6.07) is 0.236. The van der Waals surface area contributed by atoms with Gasteiger partial charge in [-0.3, -0.25) is 9.79 Å². The number of carbonyl (C=O) groups is 1. The van der Waals surface area contributed by atoms with E-state index in [4.69, 9.17) is 0 Å². The molecule has 0 radical (unpaired) electrons. The Kier molecular flexibility index (Phi) is 10.2. The molecule has 152 valence electrons. The van der Waals surface area contributed by atoms with Crippen molar-refractivity contribution in [2.45, 2.75) is 77.4 Å². The van der Waals surface area contributed by atoms with Gasteiger partial charge in [0.1, 0.15) is 0 Å².